The summed E-state index contributed by atoms with van der Waals surface area (Å²) in [5.41, 5.74) is 3.33. The minimum Gasteiger partial charge on any atom is -0.478 e. The molecular weight excluding hydrogens is 346 g/mol. The Hall–Kier alpha value is -3.35. The highest BCUT2D eigenvalue weighted by Gasteiger charge is 2.21. The number of aromatic carboxylic acids is 1. The molecule has 2 heterocycles. The molecule has 0 saturated carbocycles. The number of hydrogen-bond acceptors (Lipinski definition) is 4. The van der Waals surface area contributed by atoms with Crippen LogP contribution in [-0.2, 0) is 6.54 Å². The summed E-state index contributed by atoms with van der Waals surface area (Å²) in [5, 5.41) is 13.5. The van der Waals surface area contributed by atoms with Crippen LogP contribution in [0.15, 0.2) is 40.9 Å². The monoisotopic (exact) mass is 367 g/mol. The van der Waals surface area contributed by atoms with Crippen molar-refractivity contribution in [3.05, 3.63) is 70.4 Å². The van der Waals surface area contributed by atoms with E-state index in [1.807, 2.05) is 38.1 Å². The molecule has 0 aliphatic carbocycles. The second-order valence-corrected chi connectivity index (χ2v) is 6.54. The van der Waals surface area contributed by atoms with Gasteiger partial charge in [-0.15, -0.1) is 0 Å². The minimum absolute atomic E-state index is 0.106. The first kappa shape index (κ1) is 18.4. The molecule has 0 spiro atoms. The SMILES string of the molecule is Cc1cccc(-n2ncc(C(=O)N(C)Cc3cc(C(=O)O)c(C)o3)c2C)c1. The molecule has 0 bridgehead atoms. The number of aryl methyl sites for hydroxylation is 2. The van der Waals surface area contributed by atoms with Gasteiger partial charge in [-0.2, -0.15) is 5.10 Å². The predicted molar refractivity (Wildman–Crippen MR) is 99.2 cm³/mol. The molecule has 3 aromatic rings. The number of carbonyl (C=O) groups is 2. The molecule has 0 aliphatic heterocycles. The van der Waals surface area contributed by atoms with Crippen molar-refractivity contribution in [1.29, 1.82) is 0 Å². The number of rotatable bonds is 5. The third kappa shape index (κ3) is 3.62. The van der Waals surface area contributed by atoms with Gasteiger partial charge in [0.2, 0.25) is 0 Å². The Bertz CT molecular complexity index is 1020. The summed E-state index contributed by atoms with van der Waals surface area (Å²) in [6.45, 7) is 5.60. The molecule has 1 N–H and O–H groups in total. The van der Waals surface area contributed by atoms with Gasteiger partial charge < -0.3 is 14.4 Å². The Balaban J connectivity index is 1.81. The highest BCUT2D eigenvalue weighted by Crippen LogP contribution is 2.19. The second kappa shape index (κ2) is 7.11. The molecule has 0 radical (unpaired) electrons. The van der Waals surface area contributed by atoms with Crippen molar-refractivity contribution in [1.82, 2.24) is 14.7 Å². The van der Waals surface area contributed by atoms with E-state index in [1.165, 1.54) is 11.0 Å². The van der Waals surface area contributed by atoms with Gasteiger partial charge in [-0.3, -0.25) is 4.79 Å². The smallest absolute Gasteiger partial charge is 0.339 e. The summed E-state index contributed by atoms with van der Waals surface area (Å²) in [5.74, 6) is -0.518. The average Bonchev–Trinajstić information content (AvgIpc) is 3.17. The van der Waals surface area contributed by atoms with Crippen molar-refractivity contribution in [2.24, 2.45) is 0 Å². The molecule has 1 aromatic carbocycles. The molecule has 0 fully saturated rings. The van der Waals surface area contributed by atoms with Gasteiger partial charge in [0.25, 0.3) is 5.91 Å². The van der Waals surface area contributed by atoms with Crippen LogP contribution in [-0.4, -0.2) is 38.7 Å². The number of aromatic nitrogens is 2. The Labute approximate surface area is 156 Å². The zero-order valence-corrected chi connectivity index (χ0v) is 15.7. The van der Waals surface area contributed by atoms with Crippen LogP contribution in [0.1, 0.15) is 43.5 Å². The first-order valence-electron chi connectivity index (χ1n) is 8.47. The van der Waals surface area contributed by atoms with Crippen LogP contribution in [0.5, 0.6) is 0 Å². The van der Waals surface area contributed by atoms with Crippen molar-refractivity contribution >= 4 is 11.9 Å². The lowest BCUT2D eigenvalue weighted by molar-refractivity contribution is 0.0694. The Morgan fingerprint density at radius 2 is 1.93 bits per heavy atom. The van der Waals surface area contributed by atoms with Crippen LogP contribution in [0.3, 0.4) is 0 Å². The van der Waals surface area contributed by atoms with Gasteiger partial charge in [0.05, 0.1) is 29.7 Å². The van der Waals surface area contributed by atoms with Gasteiger partial charge in [0, 0.05) is 7.05 Å². The van der Waals surface area contributed by atoms with Crippen LogP contribution >= 0.6 is 0 Å². The van der Waals surface area contributed by atoms with Crippen molar-refractivity contribution in [2.45, 2.75) is 27.3 Å². The number of hydrogen-bond donors (Lipinski definition) is 1. The summed E-state index contributed by atoms with van der Waals surface area (Å²) in [7, 11) is 1.64. The number of carboxylic acid groups (broad SMARTS) is 1. The molecule has 2 aromatic heterocycles. The van der Waals surface area contributed by atoms with Crippen molar-refractivity contribution in [3.8, 4) is 5.69 Å². The number of carboxylic acids is 1. The van der Waals surface area contributed by atoms with Gasteiger partial charge >= 0.3 is 5.97 Å². The van der Waals surface area contributed by atoms with Crippen LogP contribution < -0.4 is 0 Å². The topological polar surface area (TPSA) is 88.6 Å². The van der Waals surface area contributed by atoms with Gasteiger partial charge in [-0.05, 0) is 44.5 Å². The minimum atomic E-state index is -1.05. The summed E-state index contributed by atoms with van der Waals surface area (Å²) < 4.78 is 7.18. The van der Waals surface area contributed by atoms with Gasteiger partial charge in [-0.1, -0.05) is 12.1 Å². The molecule has 0 saturated heterocycles. The number of nitrogens with zero attached hydrogens (tertiary/aromatic N) is 3. The zero-order valence-electron chi connectivity index (χ0n) is 15.7. The van der Waals surface area contributed by atoms with Crippen molar-refractivity contribution in [2.75, 3.05) is 7.05 Å². The zero-order chi connectivity index (χ0) is 19.7. The Morgan fingerprint density at radius 3 is 2.56 bits per heavy atom. The normalized spacial score (nSPS) is 10.8. The first-order valence-corrected chi connectivity index (χ1v) is 8.47. The third-order valence-corrected chi connectivity index (χ3v) is 4.43. The van der Waals surface area contributed by atoms with Crippen molar-refractivity contribution < 1.29 is 19.1 Å². The van der Waals surface area contributed by atoms with E-state index >= 15 is 0 Å². The highest BCUT2D eigenvalue weighted by molar-refractivity contribution is 5.95. The molecule has 0 atom stereocenters. The van der Waals surface area contributed by atoms with E-state index in [2.05, 4.69) is 5.10 Å². The summed E-state index contributed by atoms with van der Waals surface area (Å²) in [6.07, 6.45) is 1.55. The summed E-state index contributed by atoms with van der Waals surface area (Å²) in [4.78, 5) is 25.4. The molecule has 7 heteroatoms. The molecule has 140 valence electrons. The predicted octanol–water partition coefficient (Wildman–Crippen LogP) is 3.36. The van der Waals surface area contributed by atoms with Crippen LogP contribution in [0.2, 0.25) is 0 Å². The standard InChI is InChI=1S/C20H21N3O4/c1-12-6-5-7-15(8-12)23-13(2)18(10-21-23)19(24)22(4)11-16-9-17(20(25)26)14(3)27-16/h5-10H,11H2,1-4H3,(H,25,26). The molecular formula is C20H21N3O4. The average molecular weight is 367 g/mol. The van der Waals surface area contributed by atoms with Crippen LogP contribution in [0.4, 0.5) is 0 Å². The lowest BCUT2D eigenvalue weighted by Gasteiger charge is -2.15. The summed E-state index contributed by atoms with van der Waals surface area (Å²) in [6, 6.07) is 9.32. The number of benzene rings is 1. The lowest BCUT2D eigenvalue weighted by atomic mass is 10.2. The molecule has 1 amide bonds. The maximum Gasteiger partial charge on any atom is 0.339 e. The molecule has 27 heavy (non-hydrogen) atoms. The van der Waals surface area contributed by atoms with E-state index in [0.717, 1.165) is 16.9 Å². The second-order valence-electron chi connectivity index (χ2n) is 6.54. The highest BCUT2D eigenvalue weighted by atomic mass is 16.4. The first-order chi connectivity index (χ1) is 12.8. The van der Waals surface area contributed by atoms with E-state index in [0.29, 0.717) is 17.1 Å². The number of amides is 1. The van der Waals surface area contributed by atoms with E-state index < -0.39 is 5.97 Å². The molecule has 0 unspecified atom stereocenters. The number of furan rings is 1. The van der Waals surface area contributed by atoms with Crippen LogP contribution in [0, 0.1) is 20.8 Å². The Morgan fingerprint density at radius 1 is 1.19 bits per heavy atom. The van der Waals surface area contributed by atoms with E-state index in [1.54, 1.807) is 24.9 Å². The fourth-order valence-corrected chi connectivity index (χ4v) is 2.98. The molecule has 7 nitrogen and oxygen atoms in total. The maximum absolute atomic E-state index is 12.8. The fraction of sp³-hybridized carbons (Fsp3) is 0.250. The lowest BCUT2D eigenvalue weighted by Crippen LogP contribution is -2.26. The Kier molecular flexibility index (Phi) is 4.85. The van der Waals surface area contributed by atoms with Crippen LogP contribution in [0.25, 0.3) is 5.69 Å². The maximum atomic E-state index is 12.8. The van der Waals surface area contributed by atoms with E-state index in [-0.39, 0.29) is 18.0 Å². The number of carbonyl (C=O) groups excluding carboxylic acids is 1. The quantitative estimate of drug-likeness (QED) is 0.747. The van der Waals surface area contributed by atoms with Gasteiger partial charge in [0.1, 0.15) is 17.1 Å². The summed E-state index contributed by atoms with van der Waals surface area (Å²) >= 11 is 0. The molecule has 0 aliphatic rings. The van der Waals surface area contributed by atoms with Gasteiger partial charge in [0.15, 0.2) is 0 Å². The fourth-order valence-electron chi connectivity index (χ4n) is 2.98. The molecule has 3 rings (SSSR count). The van der Waals surface area contributed by atoms with Crippen molar-refractivity contribution in [3.63, 3.8) is 0 Å². The van der Waals surface area contributed by atoms with E-state index in [4.69, 9.17) is 9.52 Å². The third-order valence-electron chi connectivity index (χ3n) is 4.43. The van der Waals surface area contributed by atoms with Gasteiger partial charge in [-0.25, -0.2) is 9.48 Å². The van der Waals surface area contributed by atoms with E-state index in [9.17, 15) is 9.59 Å². The largest absolute Gasteiger partial charge is 0.478 e.